The molecule has 0 spiro atoms. The number of carbonyl (C=O) groups excluding carboxylic acids is 5. The summed E-state index contributed by atoms with van der Waals surface area (Å²) in [5.74, 6) is -2.66. The van der Waals surface area contributed by atoms with Gasteiger partial charge in [-0.1, -0.05) is 109 Å². The minimum absolute atomic E-state index is 0.000656. The molecule has 0 aromatic heterocycles. The minimum Gasteiger partial charge on any atom is -0.497 e. The van der Waals surface area contributed by atoms with Crippen LogP contribution in [0.4, 0.5) is 4.79 Å². The van der Waals surface area contributed by atoms with Crippen molar-refractivity contribution in [2.24, 2.45) is 16.9 Å². The number of hydrogen-bond donors (Lipinski definition) is 5. The van der Waals surface area contributed by atoms with E-state index in [1.54, 1.807) is 104 Å². The van der Waals surface area contributed by atoms with E-state index in [4.69, 9.17) is 31.1 Å². The number of nitrogens with two attached hydrogens (primary N) is 2. The number of esters is 1. The van der Waals surface area contributed by atoms with Crippen LogP contribution in [0, 0.1) is 10.8 Å². The maximum absolute atomic E-state index is 14.7. The summed E-state index contributed by atoms with van der Waals surface area (Å²) in [6.07, 6.45) is 4.06. The number of ether oxygens (including phenoxy) is 3. The first-order valence-electron chi connectivity index (χ1n) is 18.2. The first kappa shape index (κ1) is 41.1. The standard InChI is InChI=1S/C44H45N5O8/c1-55-36-18-14-30(15-19-36)20-23-43(35-16-12-31(13-17-35)26-38(51)48-25-22-37(45)50)24-21-34(39(46)49-42(54)57-29-33-10-6-3-7-11-33)27-44(43,40(47)52)41(53)56-28-32-8-4-2-5-9-32/h2-19,21,24,27H,20,22-23,25-26,28-29H2,1H3,(H2,45,50)(H2,47,52)(H,48,51)(H2,46,49,54). The molecule has 0 saturated carbocycles. The zero-order chi connectivity index (χ0) is 40.8. The van der Waals surface area contributed by atoms with Gasteiger partial charge in [-0.3, -0.25) is 29.9 Å². The molecule has 0 aliphatic heterocycles. The number of aryl methyl sites for hydroxylation is 1. The highest BCUT2D eigenvalue weighted by molar-refractivity contribution is 6.12. The summed E-state index contributed by atoms with van der Waals surface area (Å²) in [6, 6.07) is 32.2. The third kappa shape index (κ3) is 10.2. The highest BCUT2D eigenvalue weighted by atomic mass is 16.5. The Morgan fingerprint density at radius 1 is 0.737 bits per heavy atom. The Balaban J connectivity index is 1.55. The number of amides is 4. The molecule has 1 aliphatic carbocycles. The lowest BCUT2D eigenvalue weighted by molar-refractivity contribution is -0.162. The van der Waals surface area contributed by atoms with E-state index in [1.807, 2.05) is 24.3 Å². The van der Waals surface area contributed by atoms with Gasteiger partial charge in [-0.2, -0.15) is 0 Å². The van der Waals surface area contributed by atoms with Gasteiger partial charge in [0.25, 0.3) is 0 Å². The van der Waals surface area contributed by atoms with Gasteiger partial charge in [0.05, 0.1) is 13.5 Å². The molecule has 7 N–H and O–H groups in total. The topological polar surface area (TPSA) is 213 Å². The Kier molecular flexibility index (Phi) is 13.7. The van der Waals surface area contributed by atoms with Crippen LogP contribution < -0.4 is 26.8 Å². The third-order valence-corrected chi connectivity index (χ3v) is 9.77. The van der Waals surface area contributed by atoms with Gasteiger partial charge in [0.2, 0.25) is 17.7 Å². The summed E-state index contributed by atoms with van der Waals surface area (Å²) >= 11 is 0. The largest absolute Gasteiger partial charge is 0.497 e. The lowest BCUT2D eigenvalue weighted by Gasteiger charge is -2.46. The fourth-order valence-corrected chi connectivity index (χ4v) is 6.71. The molecular weight excluding hydrogens is 727 g/mol. The minimum atomic E-state index is -2.26. The van der Waals surface area contributed by atoms with Gasteiger partial charge in [0.15, 0.2) is 5.41 Å². The second-order valence-electron chi connectivity index (χ2n) is 13.5. The fraction of sp³-hybridized carbons (Fsp3) is 0.227. The van der Waals surface area contributed by atoms with Crippen LogP contribution >= 0.6 is 0 Å². The molecule has 4 aromatic rings. The van der Waals surface area contributed by atoms with Gasteiger partial charge >= 0.3 is 12.1 Å². The number of methoxy groups -OCH3 is 1. The van der Waals surface area contributed by atoms with Crippen molar-refractivity contribution in [2.75, 3.05) is 13.7 Å². The molecule has 4 aromatic carbocycles. The van der Waals surface area contributed by atoms with Gasteiger partial charge in [-0.25, -0.2) is 4.79 Å². The second-order valence-corrected chi connectivity index (χ2v) is 13.5. The fourth-order valence-electron chi connectivity index (χ4n) is 6.71. The van der Waals surface area contributed by atoms with E-state index >= 15 is 0 Å². The van der Waals surface area contributed by atoms with Crippen molar-refractivity contribution in [3.63, 3.8) is 0 Å². The molecule has 0 fully saturated rings. The van der Waals surface area contributed by atoms with Crippen molar-refractivity contribution in [3.8, 4) is 5.75 Å². The van der Waals surface area contributed by atoms with Gasteiger partial charge in [0, 0.05) is 24.0 Å². The van der Waals surface area contributed by atoms with Crippen molar-refractivity contribution in [1.82, 2.24) is 10.6 Å². The van der Waals surface area contributed by atoms with E-state index < -0.39 is 40.5 Å². The predicted octanol–water partition coefficient (Wildman–Crippen LogP) is 4.71. The van der Waals surface area contributed by atoms with Crippen LogP contribution in [-0.4, -0.2) is 49.3 Å². The third-order valence-electron chi connectivity index (χ3n) is 9.77. The van der Waals surface area contributed by atoms with E-state index in [2.05, 4.69) is 10.6 Å². The van der Waals surface area contributed by atoms with Crippen LogP contribution in [0.25, 0.3) is 0 Å². The first-order valence-corrected chi connectivity index (χ1v) is 18.2. The summed E-state index contributed by atoms with van der Waals surface area (Å²) in [7, 11) is 1.56. The first-order chi connectivity index (χ1) is 27.5. The molecule has 4 amide bonds. The number of alkyl carbamates (subject to hydrolysis) is 1. The van der Waals surface area contributed by atoms with E-state index in [9.17, 15) is 24.0 Å². The number of amidine groups is 1. The molecule has 2 atom stereocenters. The predicted molar refractivity (Wildman–Crippen MR) is 213 cm³/mol. The van der Waals surface area contributed by atoms with Crippen LogP contribution in [0.5, 0.6) is 5.75 Å². The van der Waals surface area contributed by atoms with Crippen LogP contribution in [0.3, 0.4) is 0 Å². The van der Waals surface area contributed by atoms with E-state index in [1.165, 1.54) is 6.08 Å². The number of primary amides is 2. The van der Waals surface area contributed by atoms with Crippen molar-refractivity contribution in [1.29, 1.82) is 5.41 Å². The van der Waals surface area contributed by atoms with E-state index in [0.717, 1.165) is 11.1 Å². The molecule has 0 radical (unpaired) electrons. The number of rotatable bonds is 17. The maximum Gasteiger partial charge on any atom is 0.413 e. The van der Waals surface area contributed by atoms with Crippen LogP contribution in [-0.2, 0) is 60.1 Å². The molecule has 0 heterocycles. The summed E-state index contributed by atoms with van der Waals surface area (Å²) < 4.78 is 16.6. The summed E-state index contributed by atoms with van der Waals surface area (Å²) in [4.78, 5) is 65.5. The Hall–Kier alpha value is -7.02. The van der Waals surface area contributed by atoms with Gasteiger partial charge in [0.1, 0.15) is 24.8 Å². The lowest BCUT2D eigenvalue weighted by Crippen LogP contribution is -2.59. The number of benzene rings is 4. The molecular formula is C44H45N5O8. The molecule has 1 aliphatic rings. The molecule has 2 unspecified atom stereocenters. The molecule has 0 bridgehead atoms. The van der Waals surface area contributed by atoms with Gasteiger partial charge in [-0.05, 0) is 58.9 Å². The summed E-state index contributed by atoms with van der Waals surface area (Å²) in [5.41, 5.74) is 11.2. The number of hydrogen-bond acceptors (Lipinski definition) is 9. The quantitative estimate of drug-likeness (QED) is 0.0438. The Bertz CT molecular complexity index is 2140. The van der Waals surface area contributed by atoms with Gasteiger partial charge < -0.3 is 31.0 Å². The highest BCUT2D eigenvalue weighted by Gasteiger charge is 2.61. The number of carbonyl (C=O) groups is 5. The zero-order valence-electron chi connectivity index (χ0n) is 31.5. The zero-order valence-corrected chi connectivity index (χ0v) is 31.5. The van der Waals surface area contributed by atoms with Crippen molar-refractivity contribution >= 4 is 35.6 Å². The molecule has 294 valence electrons. The lowest BCUT2D eigenvalue weighted by atomic mass is 9.54. The average Bonchev–Trinajstić information content (AvgIpc) is 3.22. The van der Waals surface area contributed by atoms with E-state index in [-0.39, 0.29) is 50.5 Å². The monoisotopic (exact) mass is 771 g/mol. The average molecular weight is 772 g/mol. The molecule has 13 heteroatoms. The Labute approximate surface area is 330 Å². The summed E-state index contributed by atoms with van der Waals surface area (Å²) in [6.45, 7) is -0.131. The van der Waals surface area contributed by atoms with Crippen molar-refractivity contribution in [2.45, 2.75) is 44.3 Å². The smallest absolute Gasteiger partial charge is 0.413 e. The maximum atomic E-state index is 14.7. The van der Waals surface area contributed by atoms with Crippen LogP contribution in [0.1, 0.15) is 40.7 Å². The normalized spacial score (nSPS) is 17.0. The molecule has 13 nitrogen and oxygen atoms in total. The van der Waals surface area contributed by atoms with Crippen molar-refractivity contribution < 1.29 is 38.2 Å². The van der Waals surface area contributed by atoms with E-state index in [0.29, 0.717) is 28.9 Å². The second kappa shape index (κ2) is 19.0. The Morgan fingerprint density at radius 2 is 1.33 bits per heavy atom. The van der Waals surface area contributed by atoms with Crippen molar-refractivity contribution in [3.05, 3.63) is 161 Å². The van der Waals surface area contributed by atoms with Crippen LogP contribution in [0.2, 0.25) is 0 Å². The number of allylic oxidation sites excluding steroid dienone is 1. The van der Waals surface area contributed by atoms with Gasteiger partial charge in [-0.15, -0.1) is 0 Å². The Morgan fingerprint density at radius 3 is 1.91 bits per heavy atom. The molecule has 0 saturated heterocycles. The molecule has 57 heavy (non-hydrogen) atoms. The molecule has 5 rings (SSSR count). The number of nitrogens with one attached hydrogen (secondary N) is 3. The SMILES string of the molecule is COc1ccc(CCC2(c3ccc(CC(=O)NCCC(N)=O)cc3)C=CC(C(=N)NC(=O)OCc3ccccc3)=CC2(C(N)=O)C(=O)OCc2ccccc2)cc1. The van der Waals surface area contributed by atoms with Crippen LogP contribution in [0.15, 0.2) is 133 Å². The highest BCUT2D eigenvalue weighted by Crippen LogP contribution is 2.52. The summed E-state index contributed by atoms with van der Waals surface area (Å²) in [5, 5.41) is 13.9.